The van der Waals surface area contributed by atoms with Crippen molar-refractivity contribution in [1.29, 1.82) is 0 Å². The minimum absolute atomic E-state index is 0.0365. The van der Waals surface area contributed by atoms with Crippen molar-refractivity contribution in [3.05, 3.63) is 53.3 Å². The van der Waals surface area contributed by atoms with E-state index in [2.05, 4.69) is 5.32 Å². The summed E-state index contributed by atoms with van der Waals surface area (Å²) in [5.74, 6) is 0.524. The second kappa shape index (κ2) is 6.93. The number of amides is 1. The molecule has 22 heavy (non-hydrogen) atoms. The van der Waals surface area contributed by atoms with Crippen LogP contribution in [0.4, 0.5) is 10.1 Å². The van der Waals surface area contributed by atoms with Gasteiger partial charge >= 0.3 is 0 Å². The third kappa shape index (κ3) is 3.55. The SMILES string of the molecule is COc1cc(NC(=O)Cc2ccccc2F)cc(OC)c1C. The van der Waals surface area contributed by atoms with Crippen molar-refractivity contribution in [3.63, 3.8) is 0 Å². The summed E-state index contributed by atoms with van der Waals surface area (Å²) in [5, 5.41) is 2.73. The Morgan fingerprint density at radius 2 is 1.73 bits per heavy atom. The monoisotopic (exact) mass is 303 g/mol. The van der Waals surface area contributed by atoms with Gasteiger partial charge in [0.25, 0.3) is 0 Å². The standard InChI is InChI=1S/C17H18FNO3/c1-11-15(21-2)9-13(10-16(11)22-3)19-17(20)8-12-6-4-5-7-14(12)18/h4-7,9-10H,8H2,1-3H3,(H,19,20). The molecule has 0 saturated heterocycles. The fourth-order valence-electron chi connectivity index (χ4n) is 2.18. The van der Waals surface area contributed by atoms with Crippen LogP contribution in [0.25, 0.3) is 0 Å². The quantitative estimate of drug-likeness (QED) is 0.921. The lowest BCUT2D eigenvalue weighted by atomic mass is 10.1. The van der Waals surface area contributed by atoms with E-state index in [-0.39, 0.29) is 12.3 Å². The van der Waals surface area contributed by atoms with Crippen LogP contribution in [0.3, 0.4) is 0 Å². The van der Waals surface area contributed by atoms with Crippen molar-refractivity contribution in [1.82, 2.24) is 0 Å². The number of methoxy groups -OCH3 is 2. The smallest absolute Gasteiger partial charge is 0.228 e. The van der Waals surface area contributed by atoms with Gasteiger partial charge in [-0.05, 0) is 18.6 Å². The molecule has 2 aromatic rings. The molecule has 5 heteroatoms. The van der Waals surface area contributed by atoms with Gasteiger partial charge in [-0.3, -0.25) is 4.79 Å². The topological polar surface area (TPSA) is 47.6 Å². The van der Waals surface area contributed by atoms with E-state index in [4.69, 9.17) is 9.47 Å². The Morgan fingerprint density at radius 1 is 1.14 bits per heavy atom. The summed E-state index contributed by atoms with van der Waals surface area (Å²) < 4.78 is 24.1. The molecule has 0 saturated carbocycles. The fraction of sp³-hybridized carbons (Fsp3) is 0.235. The molecular weight excluding hydrogens is 285 g/mol. The van der Waals surface area contributed by atoms with Crippen LogP contribution >= 0.6 is 0 Å². The van der Waals surface area contributed by atoms with Crippen LogP contribution in [0, 0.1) is 12.7 Å². The van der Waals surface area contributed by atoms with Crippen molar-refractivity contribution in [2.24, 2.45) is 0 Å². The first-order valence-electron chi connectivity index (χ1n) is 6.81. The molecule has 1 amide bonds. The molecule has 2 rings (SSSR count). The Morgan fingerprint density at radius 3 is 2.27 bits per heavy atom. The van der Waals surface area contributed by atoms with Gasteiger partial charge in [0, 0.05) is 23.4 Å². The van der Waals surface area contributed by atoms with E-state index in [1.165, 1.54) is 6.07 Å². The maximum absolute atomic E-state index is 13.6. The largest absolute Gasteiger partial charge is 0.496 e. The van der Waals surface area contributed by atoms with Crippen LogP contribution in [0.15, 0.2) is 36.4 Å². The number of carbonyl (C=O) groups excluding carboxylic acids is 1. The average Bonchev–Trinajstić information content (AvgIpc) is 2.51. The number of nitrogens with one attached hydrogen (secondary N) is 1. The average molecular weight is 303 g/mol. The van der Waals surface area contributed by atoms with Gasteiger partial charge in [0.1, 0.15) is 17.3 Å². The first-order valence-corrected chi connectivity index (χ1v) is 6.81. The van der Waals surface area contributed by atoms with E-state index in [1.807, 2.05) is 6.92 Å². The first-order chi connectivity index (χ1) is 10.5. The Balaban J connectivity index is 2.16. The highest BCUT2D eigenvalue weighted by Gasteiger charge is 2.12. The van der Waals surface area contributed by atoms with E-state index >= 15 is 0 Å². The van der Waals surface area contributed by atoms with Gasteiger partial charge in [0.2, 0.25) is 5.91 Å². The van der Waals surface area contributed by atoms with Crippen LogP contribution in [-0.2, 0) is 11.2 Å². The Labute approximate surface area is 128 Å². The number of benzene rings is 2. The summed E-state index contributed by atoms with van der Waals surface area (Å²) in [5.41, 5.74) is 1.74. The molecule has 0 aliphatic rings. The van der Waals surface area contributed by atoms with Crippen LogP contribution in [-0.4, -0.2) is 20.1 Å². The molecule has 0 radical (unpaired) electrons. The summed E-state index contributed by atoms with van der Waals surface area (Å²) >= 11 is 0. The Kier molecular flexibility index (Phi) is 4.99. The highest BCUT2D eigenvalue weighted by molar-refractivity contribution is 5.92. The van der Waals surface area contributed by atoms with Crippen molar-refractivity contribution < 1.29 is 18.7 Å². The number of hydrogen-bond acceptors (Lipinski definition) is 3. The second-order valence-electron chi connectivity index (χ2n) is 4.82. The first kappa shape index (κ1) is 15.8. The zero-order valence-corrected chi connectivity index (χ0v) is 12.8. The van der Waals surface area contributed by atoms with Gasteiger partial charge in [-0.15, -0.1) is 0 Å². The van der Waals surface area contributed by atoms with E-state index in [9.17, 15) is 9.18 Å². The lowest BCUT2D eigenvalue weighted by Crippen LogP contribution is -2.15. The predicted octanol–water partition coefficient (Wildman–Crippen LogP) is 3.33. The highest BCUT2D eigenvalue weighted by Crippen LogP contribution is 2.31. The number of anilines is 1. The minimum atomic E-state index is -0.392. The van der Waals surface area contributed by atoms with Crippen LogP contribution < -0.4 is 14.8 Å². The molecule has 0 unspecified atom stereocenters. The molecule has 116 valence electrons. The van der Waals surface area contributed by atoms with Gasteiger partial charge < -0.3 is 14.8 Å². The number of hydrogen-bond donors (Lipinski definition) is 1. The van der Waals surface area contributed by atoms with Crippen molar-refractivity contribution in [3.8, 4) is 11.5 Å². The van der Waals surface area contributed by atoms with E-state index in [0.29, 0.717) is 22.7 Å². The van der Waals surface area contributed by atoms with E-state index in [0.717, 1.165) is 5.56 Å². The molecule has 4 nitrogen and oxygen atoms in total. The molecular formula is C17H18FNO3. The molecule has 0 fully saturated rings. The second-order valence-corrected chi connectivity index (χ2v) is 4.82. The predicted molar refractivity (Wildman–Crippen MR) is 83.0 cm³/mol. The molecule has 0 aromatic heterocycles. The molecule has 0 heterocycles. The summed E-state index contributed by atoms with van der Waals surface area (Å²) in [6.07, 6.45) is -0.0365. The number of halogens is 1. The molecule has 0 atom stereocenters. The molecule has 0 aliphatic carbocycles. The summed E-state index contributed by atoms with van der Waals surface area (Å²) in [6.45, 7) is 1.86. The lowest BCUT2D eigenvalue weighted by Gasteiger charge is -2.13. The zero-order valence-electron chi connectivity index (χ0n) is 12.8. The summed E-state index contributed by atoms with van der Waals surface area (Å²) in [6, 6.07) is 9.62. The number of carbonyl (C=O) groups is 1. The molecule has 0 spiro atoms. The fourth-order valence-corrected chi connectivity index (χ4v) is 2.18. The Hall–Kier alpha value is -2.56. The molecule has 0 bridgehead atoms. The number of rotatable bonds is 5. The van der Waals surface area contributed by atoms with Gasteiger partial charge in [-0.1, -0.05) is 18.2 Å². The summed E-state index contributed by atoms with van der Waals surface area (Å²) in [7, 11) is 3.10. The van der Waals surface area contributed by atoms with Crippen molar-refractivity contribution in [2.75, 3.05) is 19.5 Å². The van der Waals surface area contributed by atoms with Gasteiger partial charge in [-0.2, -0.15) is 0 Å². The third-order valence-electron chi connectivity index (χ3n) is 3.34. The van der Waals surface area contributed by atoms with E-state index in [1.54, 1.807) is 44.6 Å². The molecule has 1 N–H and O–H groups in total. The zero-order chi connectivity index (χ0) is 16.1. The van der Waals surface area contributed by atoms with Gasteiger partial charge in [0.15, 0.2) is 0 Å². The van der Waals surface area contributed by atoms with E-state index < -0.39 is 5.82 Å². The lowest BCUT2D eigenvalue weighted by molar-refractivity contribution is -0.115. The maximum Gasteiger partial charge on any atom is 0.228 e. The summed E-state index contributed by atoms with van der Waals surface area (Å²) in [4.78, 5) is 12.1. The Bertz CT molecular complexity index is 660. The minimum Gasteiger partial charge on any atom is -0.496 e. The normalized spacial score (nSPS) is 10.2. The van der Waals surface area contributed by atoms with Crippen LogP contribution in [0.1, 0.15) is 11.1 Å². The number of ether oxygens (including phenoxy) is 2. The van der Waals surface area contributed by atoms with Gasteiger partial charge in [0.05, 0.1) is 20.6 Å². The van der Waals surface area contributed by atoms with Crippen LogP contribution in [0.2, 0.25) is 0 Å². The maximum atomic E-state index is 13.6. The molecule has 0 aliphatic heterocycles. The van der Waals surface area contributed by atoms with Crippen molar-refractivity contribution >= 4 is 11.6 Å². The van der Waals surface area contributed by atoms with Gasteiger partial charge in [-0.25, -0.2) is 4.39 Å². The van der Waals surface area contributed by atoms with Crippen molar-refractivity contribution in [2.45, 2.75) is 13.3 Å². The third-order valence-corrected chi connectivity index (χ3v) is 3.34. The van der Waals surface area contributed by atoms with Crippen LogP contribution in [0.5, 0.6) is 11.5 Å². The highest BCUT2D eigenvalue weighted by atomic mass is 19.1. The molecule has 2 aromatic carbocycles.